The van der Waals surface area contributed by atoms with Gasteiger partial charge in [-0.1, -0.05) is 98.8 Å². The summed E-state index contributed by atoms with van der Waals surface area (Å²) >= 11 is 0. The first-order valence-corrected chi connectivity index (χ1v) is 17.4. The fourth-order valence-corrected chi connectivity index (χ4v) is 8.43. The maximum atomic E-state index is 6.68. The highest BCUT2D eigenvalue weighted by Crippen LogP contribution is 2.51. The molecule has 0 atom stereocenters. The number of rotatable bonds is 3. The first kappa shape index (κ1) is 28.3. The number of nitrogens with zero attached hydrogens (tertiary/aromatic N) is 2. The Morgan fingerprint density at radius 2 is 1.04 bits per heavy atom. The van der Waals surface area contributed by atoms with Crippen LogP contribution in [-0.4, -0.2) is 9.97 Å². The Labute approximate surface area is 293 Å². The van der Waals surface area contributed by atoms with Crippen LogP contribution < -0.4 is 0 Å². The van der Waals surface area contributed by atoms with E-state index in [-0.39, 0.29) is 5.41 Å². The van der Waals surface area contributed by atoms with Gasteiger partial charge in [0.1, 0.15) is 22.3 Å². The molecule has 1 aliphatic rings. The van der Waals surface area contributed by atoms with E-state index >= 15 is 0 Å². The topological polar surface area (TPSA) is 52.1 Å². The predicted molar refractivity (Wildman–Crippen MR) is 208 cm³/mol. The SMILES string of the molecule is CC1(C)c2cc(-c3ccncc3)ccc2-c2ccc(-c3ccc(-c4nc5ccc6oc7ccccc7c6c5c5oc6ccccc6c45)cc3)cc21. The van der Waals surface area contributed by atoms with Crippen molar-refractivity contribution in [2.24, 2.45) is 0 Å². The number of hydrogen-bond donors (Lipinski definition) is 0. The second kappa shape index (κ2) is 10.3. The highest BCUT2D eigenvalue weighted by Gasteiger charge is 2.36. The van der Waals surface area contributed by atoms with E-state index in [9.17, 15) is 0 Å². The number of furan rings is 2. The van der Waals surface area contributed by atoms with Gasteiger partial charge in [0.25, 0.3) is 0 Å². The van der Waals surface area contributed by atoms with Crippen molar-refractivity contribution >= 4 is 54.8 Å². The van der Waals surface area contributed by atoms with Gasteiger partial charge in [0.2, 0.25) is 0 Å². The van der Waals surface area contributed by atoms with Crippen molar-refractivity contribution in [3.05, 3.63) is 157 Å². The first-order valence-electron chi connectivity index (χ1n) is 17.4. The molecule has 0 bridgehead atoms. The normalized spacial score (nSPS) is 13.5. The van der Waals surface area contributed by atoms with E-state index in [4.69, 9.17) is 13.8 Å². The number of para-hydroxylation sites is 2. The van der Waals surface area contributed by atoms with Gasteiger partial charge in [-0.2, -0.15) is 0 Å². The summed E-state index contributed by atoms with van der Waals surface area (Å²) in [6.07, 6.45) is 3.71. The molecule has 0 saturated heterocycles. The van der Waals surface area contributed by atoms with Crippen LogP contribution >= 0.6 is 0 Å². The van der Waals surface area contributed by atoms with Gasteiger partial charge in [0, 0.05) is 39.5 Å². The zero-order chi connectivity index (χ0) is 33.8. The highest BCUT2D eigenvalue weighted by atomic mass is 16.3. The van der Waals surface area contributed by atoms with Crippen molar-refractivity contribution in [2.45, 2.75) is 19.3 Å². The van der Waals surface area contributed by atoms with Gasteiger partial charge in [-0.15, -0.1) is 0 Å². The second-order valence-corrected chi connectivity index (χ2v) is 14.2. The smallest absolute Gasteiger partial charge is 0.147 e. The molecule has 0 fully saturated rings. The monoisotopic (exact) mass is 654 g/mol. The zero-order valence-corrected chi connectivity index (χ0v) is 28.1. The number of fused-ring (bicyclic) bond motifs is 12. The lowest BCUT2D eigenvalue weighted by Crippen LogP contribution is -2.15. The van der Waals surface area contributed by atoms with Crippen LogP contribution in [0.5, 0.6) is 0 Å². The molecule has 0 amide bonds. The van der Waals surface area contributed by atoms with Gasteiger partial charge in [0.05, 0.1) is 22.0 Å². The summed E-state index contributed by atoms with van der Waals surface area (Å²) < 4.78 is 12.9. The molecule has 10 aromatic rings. The molecular formula is C47H30N2O2. The van der Waals surface area contributed by atoms with Crippen LogP contribution in [0, 0.1) is 0 Å². The van der Waals surface area contributed by atoms with Crippen LogP contribution in [-0.2, 0) is 5.41 Å². The third-order valence-electron chi connectivity index (χ3n) is 11.0. The molecule has 0 unspecified atom stereocenters. The summed E-state index contributed by atoms with van der Waals surface area (Å²) in [4.78, 5) is 9.55. The summed E-state index contributed by atoms with van der Waals surface area (Å²) in [6.45, 7) is 4.68. The van der Waals surface area contributed by atoms with Crippen LogP contribution in [0.15, 0.2) is 155 Å². The third kappa shape index (κ3) is 4.02. The second-order valence-electron chi connectivity index (χ2n) is 14.2. The molecule has 1 aliphatic carbocycles. The fraction of sp³-hybridized carbons (Fsp3) is 0.0638. The summed E-state index contributed by atoms with van der Waals surface area (Å²) in [5, 5.41) is 5.16. The van der Waals surface area contributed by atoms with E-state index < -0.39 is 0 Å². The van der Waals surface area contributed by atoms with Crippen LogP contribution in [0.4, 0.5) is 0 Å². The molecule has 0 spiro atoms. The van der Waals surface area contributed by atoms with E-state index in [0.29, 0.717) is 0 Å². The zero-order valence-electron chi connectivity index (χ0n) is 28.1. The number of hydrogen-bond acceptors (Lipinski definition) is 4. The summed E-state index contributed by atoms with van der Waals surface area (Å²) in [5.41, 5.74) is 16.2. The maximum absolute atomic E-state index is 6.68. The minimum Gasteiger partial charge on any atom is -0.456 e. The van der Waals surface area contributed by atoms with Gasteiger partial charge in [-0.05, 0) is 93.0 Å². The van der Waals surface area contributed by atoms with Crippen molar-refractivity contribution in [2.75, 3.05) is 0 Å². The van der Waals surface area contributed by atoms with Crippen molar-refractivity contribution < 1.29 is 8.83 Å². The lowest BCUT2D eigenvalue weighted by molar-refractivity contribution is 0.661. The Morgan fingerprint density at radius 3 is 1.73 bits per heavy atom. The van der Waals surface area contributed by atoms with E-state index in [1.807, 2.05) is 42.7 Å². The molecule has 0 saturated carbocycles. The largest absolute Gasteiger partial charge is 0.456 e. The van der Waals surface area contributed by atoms with Gasteiger partial charge in [0.15, 0.2) is 0 Å². The van der Waals surface area contributed by atoms with Crippen LogP contribution in [0.1, 0.15) is 25.0 Å². The van der Waals surface area contributed by atoms with Crippen molar-refractivity contribution in [1.29, 1.82) is 0 Å². The third-order valence-corrected chi connectivity index (χ3v) is 11.0. The maximum Gasteiger partial charge on any atom is 0.147 e. The van der Waals surface area contributed by atoms with Gasteiger partial charge in [-0.25, -0.2) is 4.98 Å². The minimum atomic E-state index is -0.127. The quantitative estimate of drug-likeness (QED) is 0.190. The standard InChI is InChI=1S/C47H30N2O2/c1-47(2)36-25-30(15-17-32(36)33-18-16-31(26-37(33)47)28-21-23-48-24-22-28)27-11-13-29(14-12-27)45-43-35-8-4-6-10-40(35)51-46(43)44-38(49-45)19-20-41-42(44)34-7-3-5-9-39(34)50-41/h3-26H,1-2H3. The number of benzene rings is 6. The molecule has 4 aromatic heterocycles. The molecule has 51 heavy (non-hydrogen) atoms. The molecule has 0 N–H and O–H groups in total. The van der Waals surface area contributed by atoms with Crippen LogP contribution in [0.25, 0.3) is 99.4 Å². The van der Waals surface area contributed by atoms with Crippen molar-refractivity contribution in [1.82, 2.24) is 9.97 Å². The molecule has 11 rings (SSSR count). The minimum absolute atomic E-state index is 0.127. The van der Waals surface area contributed by atoms with Gasteiger partial charge in [-0.3, -0.25) is 4.98 Å². The molecule has 240 valence electrons. The molecule has 0 aliphatic heterocycles. The number of pyridine rings is 2. The molecule has 6 aromatic carbocycles. The summed E-state index contributed by atoms with van der Waals surface area (Å²) in [6, 6.07) is 47.3. The van der Waals surface area contributed by atoms with Crippen molar-refractivity contribution in [3.63, 3.8) is 0 Å². The van der Waals surface area contributed by atoms with E-state index in [1.165, 1.54) is 44.5 Å². The van der Waals surface area contributed by atoms with E-state index in [2.05, 4.69) is 122 Å². The Bertz CT molecular complexity index is 3040. The lowest BCUT2D eigenvalue weighted by atomic mass is 9.81. The highest BCUT2D eigenvalue weighted by molar-refractivity contribution is 6.29. The Balaban J connectivity index is 1.04. The molecule has 4 nitrogen and oxygen atoms in total. The first-order chi connectivity index (χ1) is 25.0. The van der Waals surface area contributed by atoms with Crippen LogP contribution in [0.3, 0.4) is 0 Å². The fourth-order valence-electron chi connectivity index (χ4n) is 8.43. The van der Waals surface area contributed by atoms with E-state index in [1.54, 1.807) is 0 Å². The summed E-state index contributed by atoms with van der Waals surface area (Å²) in [5.74, 6) is 0. The van der Waals surface area contributed by atoms with Crippen LogP contribution in [0.2, 0.25) is 0 Å². The molecule has 0 radical (unpaired) electrons. The average molecular weight is 655 g/mol. The Morgan fingerprint density at radius 1 is 0.471 bits per heavy atom. The predicted octanol–water partition coefficient (Wildman–Crippen LogP) is 12.7. The lowest BCUT2D eigenvalue weighted by Gasteiger charge is -2.22. The Hall–Kier alpha value is -6.52. The molecule has 4 heteroatoms. The molecule has 4 heterocycles. The average Bonchev–Trinajstić information content (AvgIpc) is 3.83. The Kier molecular flexibility index (Phi) is 5.70. The van der Waals surface area contributed by atoms with Gasteiger partial charge < -0.3 is 8.83 Å². The number of aromatic nitrogens is 2. The van der Waals surface area contributed by atoms with Crippen molar-refractivity contribution in [3.8, 4) is 44.6 Å². The molecular weight excluding hydrogens is 625 g/mol. The van der Waals surface area contributed by atoms with E-state index in [0.717, 1.165) is 66.0 Å². The van der Waals surface area contributed by atoms with Gasteiger partial charge >= 0.3 is 0 Å². The summed E-state index contributed by atoms with van der Waals surface area (Å²) in [7, 11) is 0.